The van der Waals surface area contributed by atoms with Crippen molar-refractivity contribution in [2.24, 2.45) is 4.99 Å². The highest BCUT2D eigenvalue weighted by Gasteiger charge is 2.24. The van der Waals surface area contributed by atoms with Crippen LogP contribution < -0.4 is 10.6 Å². The molecule has 0 aliphatic carbocycles. The molecule has 0 amide bonds. The van der Waals surface area contributed by atoms with Gasteiger partial charge in [0.2, 0.25) is 0 Å². The number of likely N-dealkylation sites (tertiary alicyclic amines) is 1. The summed E-state index contributed by atoms with van der Waals surface area (Å²) in [5.74, 6) is 3.20. The van der Waals surface area contributed by atoms with Crippen molar-refractivity contribution in [1.29, 1.82) is 0 Å². The first-order valence-electron chi connectivity index (χ1n) is 11.5. The van der Waals surface area contributed by atoms with Crippen LogP contribution in [0.15, 0.2) is 22.5 Å². The Balaban J connectivity index is 1.23. The highest BCUT2D eigenvalue weighted by Crippen LogP contribution is 2.27. The van der Waals surface area contributed by atoms with Crippen molar-refractivity contribution in [2.75, 3.05) is 33.2 Å². The Morgan fingerprint density at radius 3 is 2.80 bits per heavy atom. The highest BCUT2D eigenvalue weighted by molar-refractivity contribution is 7.10. The summed E-state index contributed by atoms with van der Waals surface area (Å²) in [5.41, 5.74) is 0. The van der Waals surface area contributed by atoms with E-state index in [1.807, 2.05) is 18.4 Å². The van der Waals surface area contributed by atoms with Crippen LogP contribution in [-0.4, -0.2) is 58.9 Å². The zero-order valence-corrected chi connectivity index (χ0v) is 19.0. The van der Waals surface area contributed by atoms with Crippen LogP contribution >= 0.6 is 11.3 Å². The number of rotatable bonds is 8. The minimum Gasteiger partial charge on any atom is -0.356 e. The smallest absolute Gasteiger partial charge is 0.191 e. The zero-order valence-electron chi connectivity index (χ0n) is 18.1. The summed E-state index contributed by atoms with van der Waals surface area (Å²) in [6.07, 6.45) is 9.46. The lowest BCUT2D eigenvalue weighted by atomic mass is 10.2. The lowest BCUT2D eigenvalue weighted by Gasteiger charge is -2.27. The summed E-state index contributed by atoms with van der Waals surface area (Å²) in [6, 6.07) is 4.84. The average molecular weight is 430 g/mol. The van der Waals surface area contributed by atoms with E-state index in [9.17, 15) is 0 Å². The minimum absolute atomic E-state index is 0.428. The Hall–Kier alpha value is -1.93. The molecule has 7 nitrogen and oxygen atoms in total. The van der Waals surface area contributed by atoms with E-state index in [0.29, 0.717) is 6.04 Å². The monoisotopic (exact) mass is 429 g/mol. The molecule has 8 heteroatoms. The molecule has 4 rings (SSSR count). The van der Waals surface area contributed by atoms with Crippen molar-refractivity contribution < 1.29 is 0 Å². The van der Waals surface area contributed by atoms with Gasteiger partial charge in [-0.25, -0.2) is 0 Å². The van der Waals surface area contributed by atoms with Crippen LogP contribution in [0.4, 0.5) is 0 Å². The number of hydrogen-bond donors (Lipinski definition) is 2. The normalized spacial score (nSPS) is 18.8. The van der Waals surface area contributed by atoms with Gasteiger partial charge in [0.25, 0.3) is 0 Å². The second-order valence-corrected chi connectivity index (χ2v) is 9.23. The average Bonchev–Trinajstić information content (AvgIpc) is 3.52. The van der Waals surface area contributed by atoms with Crippen molar-refractivity contribution in [3.8, 4) is 0 Å². The van der Waals surface area contributed by atoms with Gasteiger partial charge in [-0.3, -0.25) is 9.89 Å². The molecule has 0 saturated carbocycles. The Morgan fingerprint density at radius 2 is 2.00 bits per heavy atom. The second-order valence-electron chi connectivity index (χ2n) is 8.25. The number of thiophene rings is 1. The first kappa shape index (κ1) is 21.3. The van der Waals surface area contributed by atoms with Gasteiger partial charge < -0.3 is 15.2 Å². The van der Waals surface area contributed by atoms with Gasteiger partial charge in [-0.05, 0) is 56.6 Å². The van der Waals surface area contributed by atoms with Gasteiger partial charge in [0.05, 0.1) is 6.04 Å². The van der Waals surface area contributed by atoms with Crippen molar-refractivity contribution in [3.05, 3.63) is 34.0 Å². The molecule has 1 atom stereocenters. The van der Waals surface area contributed by atoms with Gasteiger partial charge in [-0.2, -0.15) is 0 Å². The molecule has 2 aromatic rings. The molecular formula is C22H35N7S. The van der Waals surface area contributed by atoms with Crippen LogP contribution in [0.1, 0.15) is 61.1 Å². The molecule has 30 heavy (non-hydrogen) atoms. The van der Waals surface area contributed by atoms with E-state index in [1.54, 1.807) is 0 Å². The molecule has 1 saturated heterocycles. The van der Waals surface area contributed by atoms with Crippen LogP contribution in [0.2, 0.25) is 0 Å². The lowest BCUT2D eigenvalue weighted by molar-refractivity contribution is 0.249. The number of nitrogens with one attached hydrogen (secondary N) is 2. The van der Waals surface area contributed by atoms with E-state index < -0.39 is 0 Å². The van der Waals surface area contributed by atoms with Gasteiger partial charge in [0.15, 0.2) is 5.96 Å². The fourth-order valence-corrected chi connectivity index (χ4v) is 5.40. The summed E-state index contributed by atoms with van der Waals surface area (Å²) in [7, 11) is 1.85. The van der Waals surface area contributed by atoms with Crippen LogP contribution in [0, 0.1) is 0 Å². The third-order valence-corrected chi connectivity index (χ3v) is 7.17. The highest BCUT2D eigenvalue weighted by atomic mass is 32.1. The fraction of sp³-hybridized carbons (Fsp3) is 0.682. The maximum absolute atomic E-state index is 4.44. The molecule has 4 heterocycles. The van der Waals surface area contributed by atoms with Gasteiger partial charge in [0, 0.05) is 44.4 Å². The first-order chi connectivity index (χ1) is 14.8. The van der Waals surface area contributed by atoms with Crippen molar-refractivity contribution in [1.82, 2.24) is 30.3 Å². The summed E-state index contributed by atoms with van der Waals surface area (Å²) in [4.78, 5) is 8.47. The Morgan fingerprint density at radius 1 is 1.13 bits per heavy atom. The maximum Gasteiger partial charge on any atom is 0.191 e. The fourth-order valence-electron chi connectivity index (χ4n) is 4.54. The molecule has 0 bridgehead atoms. The number of hydrogen-bond acceptors (Lipinski definition) is 5. The van der Waals surface area contributed by atoms with Gasteiger partial charge >= 0.3 is 0 Å². The largest absolute Gasteiger partial charge is 0.356 e. The predicted molar refractivity (Wildman–Crippen MR) is 123 cm³/mol. The third kappa shape index (κ3) is 5.40. The van der Waals surface area contributed by atoms with E-state index in [1.165, 1.54) is 55.9 Å². The number of aliphatic imine (C=N–C) groups is 1. The minimum atomic E-state index is 0.428. The van der Waals surface area contributed by atoms with Gasteiger partial charge in [-0.1, -0.05) is 12.5 Å². The number of fused-ring (bicyclic) bond motifs is 1. The molecule has 2 aliphatic rings. The number of nitrogens with zero attached hydrogens (tertiary/aromatic N) is 5. The molecule has 0 aromatic carbocycles. The van der Waals surface area contributed by atoms with Gasteiger partial charge in [0.1, 0.15) is 11.6 Å². The predicted octanol–water partition coefficient (Wildman–Crippen LogP) is 3.00. The topological polar surface area (TPSA) is 70.4 Å². The molecule has 0 radical (unpaired) electrons. The molecule has 2 aromatic heterocycles. The van der Waals surface area contributed by atoms with E-state index >= 15 is 0 Å². The maximum atomic E-state index is 4.44. The van der Waals surface area contributed by atoms with Crippen LogP contribution in [0.3, 0.4) is 0 Å². The summed E-state index contributed by atoms with van der Waals surface area (Å²) in [6.45, 7) is 5.24. The number of aryl methyl sites for hydroxylation is 2. The number of guanidine groups is 1. The lowest BCUT2D eigenvalue weighted by Crippen LogP contribution is -2.42. The zero-order chi connectivity index (χ0) is 20.6. The summed E-state index contributed by atoms with van der Waals surface area (Å²) < 4.78 is 2.35. The first-order valence-corrected chi connectivity index (χ1v) is 12.4. The van der Waals surface area contributed by atoms with E-state index in [0.717, 1.165) is 50.7 Å². The van der Waals surface area contributed by atoms with Crippen LogP contribution in [0.25, 0.3) is 0 Å². The van der Waals surface area contributed by atoms with Crippen LogP contribution in [0.5, 0.6) is 0 Å². The Labute approximate surface area is 184 Å². The molecule has 1 unspecified atom stereocenters. The third-order valence-electron chi connectivity index (χ3n) is 6.20. The van der Waals surface area contributed by atoms with Crippen molar-refractivity contribution in [2.45, 2.75) is 64.0 Å². The standard InChI is InChI=1S/C22H35N7S/c1-23-22(25-17-18(19-9-8-16-30-19)28-13-5-6-14-28)24-12-7-11-21-27-26-20-10-3-2-4-15-29(20)21/h8-9,16,18H,2-7,10-15,17H2,1H3,(H2,23,24,25). The van der Waals surface area contributed by atoms with Gasteiger partial charge in [-0.15, -0.1) is 21.5 Å². The molecule has 2 N–H and O–H groups in total. The molecule has 1 fully saturated rings. The van der Waals surface area contributed by atoms with Crippen LogP contribution in [-0.2, 0) is 19.4 Å². The van der Waals surface area contributed by atoms with Crippen molar-refractivity contribution >= 4 is 17.3 Å². The summed E-state index contributed by atoms with van der Waals surface area (Å²) in [5, 5.41) is 18.1. The molecule has 164 valence electrons. The van der Waals surface area contributed by atoms with Crippen molar-refractivity contribution in [3.63, 3.8) is 0 Å². The van der Waals surface area contributed by atoms with E-state index in [2.05, 4.69) is 52.8 Å². The molecule has 2 aliphatic heterocycles. The molecule has 0 spiro atoms. The van der Waals surface area contributed by atoms with E-state index in [4.69, 9.17) is 0 Å². The summed E-state index contributed by atoms with van der Waals surface area (Å²) >= 11 is 1.85. The Kier molecular flexibility index (Phi) is 7.75. The van der Waals surface area contributed by atoms with E-state index in [-0.39, 0.29) is 0 Å². The Bertz CT molecular complexity index is 793. The second kappa shape index (κ2) is 10.9. The molecular weight excluding hydrogens is 394 g/mol. The SMILES string of the molecule is CN=C(NCCCc1nnc2n1CCCCC2)NCC(c1cccs1)N1CCCC1. The quantitative estimate of drug-likeness (QED) is 0.383. The number of aromatic nitrogens is 3.